The van der Waals surface area contributed by atoms with E-state index >= 15 is 0 Å². The summed E-state index contributed by atoms with van der Waals surface area (Å²) in [6.07, 6.45) is 0.548. The molecular formula is C14H24N4O8. The molecule has 0 aliphatic heterocycles. The quantitative estimate of drug-likeness (QED) is 0.199. The Balaban J connectivity index is 4.76. The maximum atomic E-state index is 11.0. The van der Waals surface area contributed by atoms with Crippen molar-refractivity contribution in [3.05, 3.63) is 0 Å². The molecule has 0 saturated carbocycles. The number of carbonyl (C=O) groups excluding carboxylic acids is 2. The van der Waals surface area contributed by atoms with E-state index in [1.807, 2.05) is 0 Å². The van der Waals surface area contributed by atoms with Crippen molar-refractivity contribution in [2.75, 3.05) is 58.9 Å². The fraction of sp³-hybridized carbons (Fsp3) is 0.643. The first-order chi connectivity index (χ1) is 12.1. The van der Waals surface area contributed by atoms with E-state index < -0.39 is 30.4 Å². The van der Waals surface area contributed by atoms with E-state index in [0.29, 0.717) is 6.29 Å². The summed E-state index contributed by atoms with van der Waals surface area (Å²) in [5.41, 5.74) is 5.06. The Morgan fingerprint density at radius 2 is 1.08 bits per heavy atom. The molecule has 0 atom stereocenters. The number of nitrogens with two attached hydrogens (primary N) is 1. The Kier molecular flexibility index (Phi) is 11.5. The lowest BCUT2D eigenvalue weighted by Crippen LogP contribution is -2.45. The fourth-order valence-corrected chi connectivity index (χ4v) is 2.18. The molecular weight excluding hydrogens is 352 g/mol. The third kappa shape index (κ3) is 12.8. The molecule has 12 heteroatoms. The molecule has 0 aromatic heterocycles. The number of hydrogen-bond acceptors (Lipinski definition) is 8. The molecule has 0 unspecified atom stereocenters. The van der Waals surface area contributed by atoms with Gasteiger partial charge in [0.2, 0.25) is 5.91 Å². The molecule has 0 saturated heterocycles. The second-order valence-electron chi connectivity index (χ2n) is 5.54. The van der Waals surface area contributed by atoms with Crippen LogP contribution in [0.25, 0.3) is 0 Å². The van der Waals surface area contributed by atoms with Gasteiger partial charge in [0, 0.05) is 26.2 Å². The second-order valence-corrected chi connectivity index (χ2v) is 5.54. The number of rotatable bonds is 16. The first-order valence-corrected chi connectivity index (χ1v) is 7.68. The number of aldehydes is 1. The van der Waals surface area contributed by atoms with Crippen LogP contribution < -0.4 is 5.73 Å². The molecule has 0 aromatic rings. The Bertz CT molecular complexity index is 497. The highest BCUT2D eigenvalue weighted by atomic mass is 16.4. The predicted octanol–water partition coefficient (Wildman–Crippen LogP) is -3.17. The molecule has 0 spiro atoms. The van der Waals surface area contributed by atoms with Crippen LogP contribution in [0.4, 0.5) is 0 Å². The number of amides is 1. The van der Waals surface area contributed by atoms with Crippen LogP contribution in [0.1, 0.15) is 0 Å². The third-order valence-corrected chi connectivity index (χ3v) is 3.25. The van der Waals surface area contributed by atoms with Gasteiger partial charge in [-0.25, -0.2) is 0 Å². The van der Waals surface area contributed by atoms with Gasteiger partial charge in [-0.2, -0.15) is 0 Å². The van der Waals surface area contributed by atoms with Crippen molar-refractivity contribution in [1.29, 1.82) is 0 Å². The van der Waals surface area contributed by atoms with Gasteiger partial charge in [0.1, 0.15) is 6.29 Å². The lowest BCUT2D eigenvalue weighted by Gasteiger charge is -2.27. The maximum Gasteiger partial charge on any atom is 0.317 e. The lowest BCUT2D eigenvalue weighted by molar-refractivity contribution is -0.140. The number of primary amides is 1. The topological polar surface area (TPSA) is 182 Å². The molecule has 0 rings (SSSR count). The molecule has 12 nitrogen and oxygen atoms in total. The van der Waals surface area contributed by atoms with Crippen LogP contribution in [-0.4, -0.2) is 119 Å². The molecule has 0 aliphatic rings. The highest BCUT2D eigenvalue weighted by Gasteiger charge is 2.17. The van der Waals surface area contributed by atoms with Crippen molar-refractivity contribution in [1.82, 2.24) is 14.7 Å². The molecule has 1 amide bonds. The van der Waals surface area contributed by atoms with Gasteiger partial charge >= 0.3 is 17.9 Å². The highest BCUT2D eigenvalue weighted by molar-refractivity contribution is 5.77. The smallest absolute Gasteiger partial charge is 0.317 e. The predicted molar refractivity (Wildman–Crippen MR) is 87.5 cm³/mol. The van der Waals surface area contributed by atoms with Crippen LogP contribution in [0, 0.1) is 0 Å². The van der Waals surface area contributed by atoms with Gasteiger partial charge in [0.05, 0.1) is 32.7 Å². The minimum Gasteiger partial charge on any atom is -0.480 e. The first-order valence-electron chi connectivity index (χ1n) is 7.68. The van der Waals surface area contributed by atoms with Gasteiger partial charge in [0.25, 0.3) is 0 Å². The minimum absolute atomic E-state index is 0.0785. The number of nitrogens with zero attached hydrogens (tertiary/aromatic N) is 3. The molecule has 0 aromatic carbocycles. The average molecular weight is 376 g/mol. The van der Waals surface area contributed by atoms with Crippen molar-refractivity contribution in [2.24, 2.45) is 5.73 Å². The molecule has 148 valence electrons. The van der Waals surface area contributed by atoms with E-state index in [1.54, 1.807) is 0 Å². The van der Waals surface area contributed by atoms with Crippen molar-refractivity contribution in [2.45, 2.75) is 0 Å². The van der Waals surface area contributed by atoms with E-state index in [4.69, 9.17) is 21.1 Å². The molecule has 0 aliphatic carbocycles. The van der Waals surface area contributed by atoms with Crippen LogP contribution in [0.3, 0.4) is 0 Å². The Morgan fingerprint density at radius 1 is 0.692 bits per heavy atom. The number of carbonyl (C=O) groups is 5. The van der Waals surface area contributed by atoms with Gasteiger partial charge in [-0.05, 0) is 0 Å². The van der Waals surface area contributed by atoms with Gasteiger partial charge in [0.15, 0.2) is 0 Å². The van der Waals surface area contributed by atoms with Gasteiger partial charge < -0.3 is 25.8 Å². The summed E-state index contributed by atoms with van der Waals surface area (Å²) in [5, 5.41) is 26.6. The summed E-state index contributed by atoms with van der Waals surface area (Å²) < 4.78 is 0. The maximum absolute atomic E-state index is 11.0. The normalized spacial score (nSPS) is 11.0. The highest BCUT2D eigenvalue weighted by Crippen LogP contribution is 1.96. The summed E-state index contributed by atoms with van der Waals surface area (Å²) in [4.78, 5) is 58.2. The second kappa shape index (κ2) is 12.7. The van der Waals surface area contributed by atoms with Crippen molar-refractivity contribution in [3.63, 3.8) is 0 Å². The number of carboxylic acid groups (broad SMARTS) is 3. The summed E-state index contributed by atoms with van der Waals surface area (Å²) in [6.45, 7) is -1.09. The van der Waals surface area contributed by atoms with Gasteiger partial charge in [-0.15, -0.1) is 0 Å². The fourth-order valence-electron chi connectivity index (χ4n) is 2.18. The van der Waals surface area contributed by atoms with Crippen LogP contribution in [-0.2, 0) is 24.0 Å². The standard InChI is InChI=1S/C14H24N4O8/c15-11(20)7-18(10-14(25)26)4-3-16(8-12(21)22)1-2-17(5-6-19)9-13(23)24/h6H,1-5,7-10H2,(H2,15,20)(H,21,22)(H,23,24)(H,25,26). The largest absolute Gasteiger partial charge is 0.480 e. The summed E-state index contributed by atoms with van der Waals surface area (Å²) in [7, 11) is 0. The van der Waals surface area contributed by atoms with Crippen molar-refractivity contribution >= 4 is 30.1 Å². The Labute approximate surface area is 149 Å². The number of aliphatic carboxylic acids is 3. The summed E-state index contributed by atoms with van der Waals surface area (Å²) >= 11 is 0. The molecule has 26 heavy (non-hydrogen) atoms. The van der Waals surface area contributed by atoms with E-state index in [9.17, 15) is 24.0 Å². The van der Waals surface area contributed by atoms with E-state index in [-0.39, 0.29) is 52.4 Å². The molecule has 0 radical (unpaired) electrons. The molecule has 0 fully saturated rings. The average Bonchev–Trinajstić information content (AvgIpc) is 2.47. The summed E-state index contributed by atoms with van der Waals surface area (Å²) in [6, 6.07) is 0. The summed E-state index contributed by atoms with van der Waals surface area (Å²) in [5.74, 6) is -4.11. The van der Waals surface area contributed by atoms with Crippen LogP contribution in [0.15, 0.2) is 0 Å². The van der Waals surface area contributed by atoms with Gasteiger partial charge in [-0.3, -0.25) is 33.9 Å². The zero-order valence-electron chi connectivity index (χ0n) is 14.2. The molecule has 0 heterocycles. The zero-order chi connectivity index (χ0) is 20.1. The SMILES string of the molecule is NC(=O)CN(CCN(CCN(CC=O)CC(=O)O)CC(=O)O)CC(=O)O. The Hall–Kier alpha value is -2.57. The zero-order valence-corrected chi connectivity index (χ0v) is 14.2. The first kappa shape index (κ1) is 23.4. The lowest BCUT2D eigenvalue weighted by atomic mass is 10.3. The molecule has 0 bridgehead atoms. The van der Waals surface area contributed by atoms with Crippen molar-refractivity contribution in [3.8, 4) is 0 Å². The number of hydrogen-bond donors (Lipinski definition) is 4. The van der Waals surface area contributed by atoms with Crippen LogP contribution in [0.2, 0.25) is 0 Å². The van der Waals surface area contributed by atoms with Crippen LogP contribution >= 0.6 is 0 Å². The number of carboxylic acids is 3. The van der Waals surface area contributed by atoms with E-state index in [1.165, 1.54) is 14.7 Å². The molecule has 5 N–H and O–H groups in total. The third-order valence-electron chi connectivity index (χ3n) is 3.25. The van der Waals surface area contributed by atoms with Crippen molar-refractivity contribution < 1.29 is 39.3 Å². The Morgan fingerprint density at radius 3 is 1.50 bits per heavy atom. The van der Waals surface area contributed by atoms with Gasteiger partial charge in [-0.1, -0.05) is 0 Å². The van der Waals surface area contributed by atoms with E-state index in [0.717, 1.165) is 0 Å². The monoisotopic (exact) mass is 376 g/mol. The van der Waals surface area contributed by atoms with Crippen LogP contribution in [0.5, 0.6) is 0 Å². The van der Waals surface area contributed by atoms with E-state index in [2.05, 4.69) is 0 Å². The minimum atomic E-state index is -1.16.